The van der Waals surface area contributed by atoms with E-state index in [0.717, 1.165) is 12.2 Å². The molecule has 0 bridgehead atoms. The summed E-state index contributed by atoms with van der Waals surface area (Å²) in [5.41, 5.74) is 11.9. The van der Waals surface area contributed by atoms with Crippen LogP contribution in [0.5, 0.6) is 0 Å². The summed E-state index contributed by atoms with van der Waals surface area (Å²) in [6, 6.07) is 16.7. The lowest BCUT2D eigenvalue weighted by Gasteiger charge is -2.09. The molecule has 0 atom stereocenters. The molecule has 0 aliphatic carbocycles. The van der Waals surface area contributed by atoms with Gasteiger partial charge in [0, 0.05) is 23.1 Å². The summed E-state index contributed by atoms with van der Waals surface area (Å²) in [6.45, 7) is 5.32. The lowest BCUT2D eigenvalue weighted by Crippen LogP contribution is -1.97. The maximum absolute atomic E-state index is 5.92. The third kappa shape index (κ3) is 1.80. The van der Waals surface area contributed by atoms with E-state index in [4.69, 9.17) is 5.73 Å². The average Bonchev–Trinajstić information content (AvgIpc) is 2.72. The first-order chi connectivity index (χ1) is 9.22. The van der Waals surface area contributed by atoms with Gasteiger partial charge in [0.2, 0.25) is 0 Å². The fraction of sp³-hybridized carbons (Fsp3) is 0.176. The van der Waals surface area contributed by atoms with Crippen molar-refractivity contribution >= 4 is 16.6 Å². The third-order valence-electron chi connectivity index (χ3n) is 3.70. The summed E-state index contributed by atoms with van der Waals surface area (Å²) in [7, 11) is 0. The van der Waals surface area contributed by atoms with Gasteiger partial charge in [-0.2, -0.15) is 0 Å². The van der Waals surface area contributed by atoms with Gasteiger partial charge in [0.25, 0.3) is 0 Å². The predicted molar refractivity (Wildman–Crippen MR) is 82.2 cm³/mol. The van der Waals surface area contributed by atoms with Gasteiger partial charge in [-0.25, -0.2) is 0 Å². The number of nitrogens with zero attached hydrogens (tertiary/aromatic N) is 1. The number of nitrogens with two attached hydrogens (primary N) is 1. The number of hydrogen-bond acceptors (Lipinski definition) is 1. The Balaban J connectivity index is 2.39. The van der Waals surface area contributed by atoms with Crippen LogP contribution in [0.2, 0.25) is 0 Å². The van der Waals surface area contributed by atoms with Gasteiger partial charge in [-0.1, -0.05) is 30.3 Å². The number of rotatable bonds is 2. The Kier molecular flexibility index (Phi) is 2.79. The highest BCUT2D eigenvalue weighted by Crippen LogP contribution is 2.34. The molecule has 2 nitrogen and oxygen atoms in total. The third-order valence-corrected chi connectivity index (χ3v) is 3.70. The van der Waals surface area contributed by atoms with E-state index >= 15 is 0 Å². The van der Waals surface area contributed by atoms with Crippen LogP contribution in [-0.4, -0.2) is 4.57 Å². The van der Waals surface area contributed by atoms with Crippen LogP contribution in [0.4, 0.5) is 5.69 Å². The van der Waals surface area contributed by atoms with Gasteiger partial charge in [0.05, 0.1) is 5.69 Å². The van der Waals surface area contributed by atoms with Crippen molar-refractivity contribution in [3.05, 3.63) is 54.1 Å². The second-order valence-electron chi connectivity index (χ2n) is 4.86. The largest absolute Gasteiger partial charge is 0.399 e. The molecule has 2 heteroatoms. The van der Waals surface area contributed by atoms with E-state index in [0.29, 0.717) is 0 Å². The highest BCUT2D eigenvalue weighted by molar-refractivity contribution is 5.93. The summed E-state index contributed by atoms with van der Waals surface area (Å²) in [5, 5.41) is 1.25. The molecule has 3 aromatic rings. The smallest absolute Gasteiger partial charge is 0.0520 e. The molecule has 0 fully saturated rings. The molecule has 2 N–H and O–H groups in total. The molecule has 1 heterocycles. The first kappa shape index (κ1) is 11.8. The highest BCUT2D eigenvalue weighted by Gasteiger charge is 2.14. The Hall–Kier alpha value is -2.22. The maximum Gasteiger partial charge on any atom is 0.0520 e. The molecule has 0 aliphatic heterocycles. The molecule has 96 valence electrons. The molecule has 0 radical (unpaired) electrons. The van der Waals surface area contributed by atoms with Crippen LogP contribution in [0.15, 0.2) is 48.5 Å². The number of hydrogen-bond donors (Lipinski definition) is 1. The summed E-state index contributed by atoms with van der Waals surface area (Å²) < 4.78 is 2.36. The Morgan fingerprint density at radius 1 is 1.05 bits per heavy atom. The highest BCUT2D eigenvalue weighted by atomic mass is 15.0. The van der Waals surface area contributed by atoms with Gasteiger partial charge >= 0.3 is 0 Å². The Bertz CT molecular complexity index is 724. The van der Waals surface area contributed by atoms with E-state index in [1.807, 2.05) is 6.07 Å². The van der Waals surface area contributed by atoms with Crippen LogP contribution in [0.3, 0.4) is 0 Å². The van der Waals surface area contributed by atoms with Crippen LogP contribution in [0.25, 0.3) is 22.2 Å². The van der Waals surface area contributed by atoms with Crippen molar-refractivity contribution in [2.75, 3.05) is 5.73 Å². The first-order valence-electron chi connectivity index (χ1n) is 6.66. The maximum atomic E-state index is 5.92. The molecule has 0 spiro atoms. The van der Waals surface area contributed by atoms with Gasteiger partial charge in [0.15, 0.2) is 0 Å². The molecule has 3 rings (SSSR count). The van der Waals surface area contributed by atoms with E-state index in [9.17, 15) is 0 Å². The standard InChI is InChI=1S/C17H18N2/c1-3-19-16-10-9-14(18)11-15(16)12(2)17(19)13-7-5-4-6-8-13/h4-11H,3,18H2,1-2H3. The Labute approximate surface area is 113 Å². The lowest BCUT2D eigenvalue weighted by atomic mass is 10.1. The average molecular weight is 250 g/mol. The zero-order valence-corrected chi connectivity index (χ0v) is 11.4. The van der Waals surface area contributed by atoms with E-state index < -0.39 is 0 Å². The fourth-order valence-electron chi connectivity index (χ4n) is 2.84. The second-order valence-corrected chi connectivity index (χ2v) is 4.86. The molecule has 1 aromatic heterocycles. The molecular weight excluding hydrogens is 232 g/mol. The van der Waals surface area contributed by atoms with Crippen LogP contribution >= 0.6 is 0 Å². The second kappa shape index (κ2) is 4.47. The van der Waals surface area contributed by atoms with Crippen molar-refractivity contribution in [3.63, 3.8) is 0 Å². The molecule has 0 amide bonds. The minimum atomic E-state index is 0.823. The molecule has 0 unspecified atom stereocenters. The van der Waals surface area contributed by atoms with Crippen molar-refractivity contribution in [3.8, 4) is 11.3 Å². The number of fused-ring (bicyclic) bond motifs is 1. The van der Waals surface area contributed by atoms with E-state index in [1.165, 1.54) is 27.7 Å². The van der Waals surface area contributed by atoms with Crippen molar-refractivity contribution < 1.29 is 0 Å². The minimum Gasteiger partial charge on any atom is -0.399 e. The number of anilines is 1. The van der Waals surface area contributed by atoms with Gasteiger partial charge in [-0.05, 0) is 43.2 Å². The van der Waals surface area contributed by atoms with Crippen molar-refractivity contribution in [1.82, 2.24) is 4.57 Å². The summed E-state index contributed by atoms with van der Waals surface area (Å²) in [5.74, 6) is 0. The number of benzene rings is 2. The molecular formula is C17H18N2. The fourth-order valence-corrected chi connectivity index (χ4v) is 2.84. The zero-order chi connectivity index (χ0) is 13.4. The normalized spacial score (nSPS) is 11.1. The molecule has 0 saturated heterocycles. The van der Waals surface area contributed by atoms with E-state index in [-0.39, 0.29) is 0 Å². The van der Waals surface area contributed by atoms with Gasteiger partial charge in [-0.15, -0.1) is 0 Å². The van der Waals surface area contributed by atoms with Crippen LogP contribution in [-0.2, 0) is 6.54 Å². The monoisotopic (exact) mass is 250 g/mol. The van der Waals surface area contributed by atoms with Crippen molar-refractivity contribution in [2.24, 2.45) is 0 Å². The number of aromatic nitrogens is 1. The van der Waals surface area contributed by atoms with E-state index in [2.05, 4.69) is 60.9 Å². The lowest BCUT2D eigenvalue weighted by molar-refractivity contribution is 0.803. The molecule has 0 saturated carbocycles. The van der Waals surface area contributed by atoms with Crippen LogP contribution in [0, 0.1) is 6.92 Å². The van der Waals surface area contributed by atoms with Gasteiger partial charge < -0.3 is 10.3 Å². The summed E-state index contributed by atoms with van der Waals surface area (Å²) >= 11 is 0. The minimum absolute atomic E-state index is 0.823. The predicted octanol–water partition coefficient (Wildman–Crippen LogP) is 4.22. The van der Waals surface area contributed by atoms with Crippen LogP contribution < -0.4 is 5.73 Å². The number of aryl methyl sites for hydroxylation is 2. The Morgan fingerprint density at radius 2 is 1.79 bits per heavy atom. The topological polar surface area (TPSA) is 30.9 Å². The molecule has 0 aliphatic rings. The van der Waals surface area contributed by atoms with Gasteiger partial charge in [0.1, 0.15) is 0 Å². The molecule has 2 aromatic carbocycles. The quantitative estimate of drug-likeness (QED) is 0.678. The zero-order valence-electron chi connectivity index (χ0n) is 11.4. The van der Waals surface area contributed by atoms with Crippen molar-refractivity contribution in [1.29, 1.82) is 0 Å². The van der Waals surface area contributed by atoms with Crippen molar-refractivity contribution in [2.45, 2.75) is 20.4 Å². The SMILES string of the molecule is CCn1c(-c2ccccc2)c(C)c2cc(N)ccc21. The van der Waals surface area contributed by atoms with Gasteiger partial charge in [-0.3, -0.25) is 0 Å². The number of nitrogen functional groups attached to an aromatic ring is 1. The first-order valence-corrected chi connectivity index (χ1v) is 6.66. The Morgan fingerprint density at radius 3 is 2.47 bits per heavy atom. The van der Waals surface area contributed by atoms with E-state index in [1.54, 1.807) is 0 Å². The van der Waals surface area contributed by atoms with Crippen LogP contribution in [0.1, 0.15) is 12.5 Å². The molecule has 19 heavy (non-hydrogen) atoms. The summed E-state index contributed by atoms with van der Waals surface area (Å²) in [4.78, 5) is 0. The summed E-state index contributed by atoms with van der Waals surface area (Å²) in [6.07, 6.45) is 0.